The van der Waals surface area contributed by atoms with Gasteiger partial charge in [0.1, 0.15) is 5.15 Å². The summed E-state index contributed by atoms with van der Waals surface area (Å²) in [5.41, 5.74) is 1.57. The van der Waals surface area contributed by atoms with Crippen molar-refractivity contribution in [3.63, 3.8) is 0 Å². The van der Waals surface area contributed by atoms with E-state index in [-0.39, 0.29) is 11.9 Å². The molecule has 0 aliphatic carbocycles. The molecule has 116 valence electrons. The number of piperidine rings is 1. The molecule has 1 aromatic rings. The quantitative estimate of drug-likeness (QED) is 0.784. The van der Waals surface area contributed by atoms with Crippen molar-refractivity contribution in [1.82, 2.24) is 9.88 Å². The fourth-order valence-electron chi connectivity index (χ4n) is 3.21. The van der Waals surface area contributed by atoms with Crippen molar-refractivity contribution < 1.29 is 4.79 Å². The second kappa shape index (κ2) is 6.78. The van der Waals surface area contributed by atoms with E-state index in [0.717, 1.165) is 25.1 Å². The monoisotopic (exact) mass is 308 g/mol. The third-order valence-corrected chi connectivity index (χ3v) is 4.65. The molecule has 1 amide bonds. The largest absolute Gasteiger partial charge is 0.335 e. The Labute approximate surface area is 132 Å². The smallest absolute Gasteiger partial charge is 0.254 e. The minimum absolute atomic E-state index is 0.0857. The van der Waals surface area contributed by atoms with Crippen molar-refractivity contribution in [3.8, 4) is 0 Å². The topological polar surface area (TPSA) is 33.2 Å². The molecule has 0 saturated carbocycles. The maximum atomic E-state index is 12.8. The van der Waals surface area contributed by atoms with E-state index in [9.17, 15) is 4.79 Å². The summed E-state index contributed by atoms with van der Waals surface area (Å²) in [6, 6.07) is 3.86. The molecule has 2 rings (SSSR count). The molecule has 2 heterocycles. The molecule has 0 spiro atoms. The molecule has 3 unspecified atom stereocenters. The predicted molar refractivity (Wildman–Crippen MR) is 86.7 cm³/mol. The predicted octanol–water partition coefficient (Wildman–Crippen LogP) is 4.19. The number of aryl methyl sites for hydroxylation is 1. The van der Waals surface area contributed by atoms with Crippen molar-refractivity contribution in [1.29, 1.82) is 0 Å². The van der Waals surface area contributed by atoms with E-state index in [1.54, 1.807) is 6.07 Å². The van der Waals surface area contributed by atoms with Gasteiger partial charge in [0.25, 0.3) is 5.91 Å². The first-order valence-electron chi connectivity index (χ1n) is 7.89. The molecular weight excluding hydrogens is 284 g/mol. The standard InChI is InChI=1S/C17H25ClN2O/c1-5-6-15-8-14(9-16(18)19-15)17(21)20-10-11(2)7-12(3)13(20)4/h8-9,11-13H,5-7,10H2,1-4H3. The van der Waals surface area contributed by atoms with Crippen LogP contribution in [0.2, 0.25) is 5.15 Å². The van der Waals surface area contributed by atoms with Crippen molar-refractivity contribution in [3.05, 3.63) is 28.5 Å². The summed E-state index contributed by atoms with van der Waals surface area (Å²) in [6.45, 7) is 9.51. The zero-order valence-corrected chi connectivity index (χ0v) is 14.2. The number of rotatable bonds is 3. The van der Waals surface area contributed by atoms with Crippen LogP contribution in [-0.2, 0) is 6.42 Å². The summed E-state index contributed by atoms with van der Waals surface area (Å²) < 4.78 is 0. The van der Waals surface area contributed by atoms with Crippen LogP contribution in [0, 0.1) is 11.8 Å². The van der Waals surface area contributed by atoms with E-state index in [1.807, 2.05) is 11.0 Å². The zero-order chi connectivity index (χ0) is 15.6. The second-order valence-corrected chi connectivity index (χ2v) is 6.82. The van der Waals surface area contributed by atoms with Crippen molar-refractivity contribution >= 4 is 17.5 Å². The number of hydrogen-bond acceptors (Lipinski definition) is 2. The van der Waals surface area contributed by atoms with Gasteiger partial charge >= 0.3 is 0 Å². The maximum absolute atomic E-state index is 12.8. The molecular formula is C17H25ClN2O. The fraction of sp³-hybridized carbons (Fsp3) is 0.647. The number of nitrogens with zero attached hydrogens (tertiary/aromatic N) is 2. The highest BCUT2D eigenvalue weighted by molar-refractivity contribution is 6.29. The highest BCUT2D eigenvalue weighted by atomic mass is 35.5. The third kappa shape index (κ3) is 3.76. The third-order valence-electron chi connectivity index (χ3n) is 4.46. The number of halogens is 1. The van der Waals surface area contributed by atoms with Gasteiger partial charge in [0.2, 0.25) is 0 Å². The highest BCUT2D eigenvalue weighted by Crippen LogP contribution is 2.28. The van der Waals surface area contributed by atoms with E-state index in [0.29, 0.717) is 22.6 Å². The van der Waals surface area contributed by atoms with Gasteiger partial charge in [0.05, 0.1) is 0 Å². The van der Waals surface area contributed by atoms with Gasteiger partial charge in [0.15, 0.2) is 0 Å². The van der Waals surface area contributed by atoms with Gasteiger partial charge in [-0.25, -0.2) is 4.98 Å². The molecule has 3 atom stereocenters. The molecule has 4 heteroatoms. The van der Waals surface area contributed by atoms with Gasteiger partial charge in [-0.1, -0.05) is 38.8 Å². The molecule has 1 aliphatic heterocycles. The van der Waals surface area contributed by atoms with Gasteiger partial charge < -0.3 is 4.90 Å². The van der Waals surface area contributed by atoms with Gasteiger partial charge in [-0.05, 0) is 43.7 Å². The first kappa shape index (κ1) is 16.3. The lowest BCUT2D eigenvalue weighted by Crippen LogP contribution is -2.48. The van der Waals surface area contributed by atoms with Crippen LogP contribution < -0.4 is 0 Å². The van der Waals surface area contributed by atoms with Crippen LogP contribution in [0.4, 0.5) is 0 Å². The van der Waals surface area contributed by atoms with Gasteiger partial charge in [-0.2, -0.15) is 0 Å². The Kier molecular flexibility index (Phi) is 5.26. The van der Waals surface area contributed by atoms with E-state index in [2.05, 4.69) is 32.7 Å². The molecule has 1 aromatic heterocycles. The van der Waals surface area contributed by atoms with Crippen LogP contribution in [-0.4, -0.2) is 28.4 Å². The summed E-state index contributed by atoms with van der Waals surface area (Å²) in [5, 5.41) is 0.412. The van der Waals surface area contributed by atoms with Gasteiger partial charge in [-0.3, -0.25) is 4.79 Å². The Bertz CT molecular complexity index is 518. The summed E-state index contributed by atoms with van der Waals surface area (Å²) in [7, 11) is 0. The lowest BCUT2D eigenvalue weighted by molar-refractivity contribution is 0.0455. The van der Waals surface area contributed by atoms with E-state index < -0.39 is 0 Å². The molecule has 0 aromatic carbocycles. The Balaban J connectivity index is 2.26. The summed E-state index contributed by atoms with van der Waals surface area (Å²) >= 11 is 6.08. The van der Waals surface area contributed by atoms with Crippen LogP contribution in [0.15, 0.2) is 12.1 Å². The van der Waals surface area contributed by atoms with Crippen LogP contribution in [0.25, 0.3) is 0 Å². The lowest BCUT2D eigenvalue weighted by Gasteiger charge is -2.41. The maximum Gasteiger partial charge on any atom is 0.254 e. The summed E-state index contributed by atoms with van der Waals surface area (Å²) in [5.74, 6) is 1.17. The summed E-state index contributed by atoms with van der Waals surface area (Å²) in [6.07, 6.45) is 3.03. The number of pyridine rings is 1. The Morgan fingerprint density at radius 3 is 2.76 bits per heavy atom. The normalized spacial score (nSPS) is 26.0. The van der Waals surface area contributed by atoms with Crippen LogP contribution in [0.3, 0.4) is 0 Å². The average Bonchev–Trinajstić information content (AvgIpc) is 2.41. The molecule has 0 N–H and O–H groups in total. The minimum atomic E-state index is 0.0857. The van der Waals surface area contributed by atoms with Crippen LogP contribution in [0.5, 0.6) is 0 Å². The van der Waals surface area contributed by atoms with E-state index >= 15 is 0 Å². The number of likely N-dealkylation sites (tertiary alicyclic amines) is 1. The Morgan fingerprint density at radius 1 is 1.38 bits per heavy atom. The molecule has 1 saturated heterocycles. The first-order chi connectivity index (χ1) is 9.92. The Morgan fingerprint density at radius 2 is 2.10 bits per heavy atom. The average molecular weight is 309 g/mol. The lowest BCUT2D eigenvalue weighted by atomic mass is 9.85. The molecule has 21 heavy (non-hydrogen) atoms. The SMILES string of the molecule is CCCc1cc(C(=O)N2CC(C)CC(C)C2C)cc(Cl)n1. The van der Waals surface area contributed by atoms with E-state index in [4.69, 9.17) is 11.6 Å². The number of aromatic nitrogens is 1. The first-order valence-corrected chi connectivity index (χ1v) is 8.27. The second-order valence-electron chi connectivity index (χ2n) is 6.44. The van der Waals surface area contributed by atoms with Crippen molar-refractivity contribution in [2.45, 2.75) is 53.0 Å². The van der Waals surface area contributed by atoms with E-state index in [1.165, 1.54) is 6.42 Å². The minimum Gasteiger partial charge on any atom is -0.335 e. The number of carbonyl (C=O) groups is 1. The fourth-order valence-corrected chi connectivity index (χ4v) is 3.43. The van der Waals surface area contributed by atoms with Crippen LogP contribution in [0.1, 0.15) is 56.6 Å². The molecule has 1 fully saturated rings. The number of amides is 1. The Hall–Kier alpha value is -1.09. The van der Waals surface area contributed by atoms with Crippen LogP contribution >= 0.6 is 11.6 Å². The van der Waals surface area contributed by atoms with Gasteiger partial charge in [-0.15, -0.1) is 0 Å². The molecule has 3 nitrogen and oxygen atoms in total. The van der Waals surface area contributed by atoms with Crippen molar-refractivity contribution in [2.24, 2.45) is 11.8 Å². The zero-order valence-electron chi connectivity index (χ0n) is 13.4. The molecule has 0 radical (unpaired) electrons. The summed E-state index contributed by atoms with van der Waals surface area (Å²) in [4.78, 5) is 19.1. The van der Waals surface area contributed by atoms with Gasteiger partial charge in [0, 0.05) is 23.8 Å². The van der Waals surface area contributed by atoms with Crippen molar-refractivity contribution in [2.75, 3.05) is 6.54 Å². The number of hydrogen-bond donors (Lipinski definition) is 0. The number of carbonyl (C=O) groups excluding carboxylic acids is 1. The highest BCUT2D eigenvalue weighted by Gasteiger charge is 2.32. The molecule has 0 bridgehead atoms. The molecule has 1 aliphatic rings.